The maximum atomic E-state index is 12.3. The van der Waals surface area contributed by atoms with Crippen molar-refractivity contribution in [2.45, 2.75) is 0 Å². The monoisotopic (exact) mass is 283 g/mol. The Hall–Kier alpha value is -2.37. The number of carbonyl (C=O) groups excluding carboxylic acids is 1. The number of nitrogens with one attached hydrogen (secondary N) is 2. The highest BCUT2D eigenvalue weighted by molar-refractivity contribution is 7.17. The Morgan fingerprint density at radius 3 is 2.80 bits per heavy atom. The summed E-state index contributed by atoms with van der Waals surface area (Å²) in [4.78, 5) is 12.3. The van der Waals surface area contributed by atoms with Gasteiger partial charge in [-0.1, -0.05) is 12.1 Å². The van der Waals surface area contributed by atoms with E-state index >= 15 is 0 Å². The molecule has 2 aromatic carbocycles. The fraction of sp³-hybridized carbons (Fsp3) is 0. The second kappa shape index (κ2) is 5.32. The third-order valence-electron chi connectivity index (χ3n) is 3.04. The lowest BCUT2D eigenvalue weighted by atomic mass is 10.1. The zero-order valence-corrected chi connectivity index (χ0v) is 11.4. The van der Waals surface area contributed by atoms with Crippen molar-refractivity contribution in [1.82, 2.24) is 0 Å². The number of thiophene rings is 1. The third-order valence-corrected chi connectivity index (χ3v) is 3.94. The summed E-state index contributed by atoms with van der Waals surface area (Å²) in [6.07, 6.45) is 0. The van der Waals surface area contributed by atoms with Crippen LogP contribution in [0.1, 0.15) is 10.4 Å². The van der Waals surface area contributed by atoms with Gasteiger partial charge in [-0.15, -0.1) is 11.3 Å². The predicted octanol–water partition coefficient (Wildman–Crippen LogP) is 3.44. The van der Waals surface area contributed by atoms with Crippen molar-refractivity contribution in [3.8, 4) is 0 Å². The number of hydrogen-bond acceptors (Lipinski definition) is 4. The number of carbonyl (C=O) groups is 1. The van der Waals surface area contributed by atoms with Crippen LogP contribution in [0.3, 0.4) is 0 Å². The molecule has 5 heteroatoms. The van der Waals surface area contributed by atoms with Crippen molar-refractivity contribution in [1.29, 1.82) is 0 Å². The molecule has 4 nitrogen and oxygen atoms in total. The highest BCUT2D eigenvalue weighted by atomic mass is 32.1. The van der Waals surface area contributed by atoms with Gasteiger partial charge >= 0.3 is 0 Å². The number of amides is 1. The molecular weight excluding hydrogens is 270 g/mol. The van der Waals surface area contributed by atoms with Gasteiger partial charge in [0.05, 0.1) is 11.3 Å². The van der Waals surface area contributed by atoms with E-state index in [4.69, 9.17) is 5.84 Å². The molecule has 0 unspecified atom stereocenters. The molecule has 4 N–H and O–H groups in total. The van der Waals surface area contributed by atoms with Crippen LogP contribution in [0.4, 0.5) is 11.4 Å². The number of rotatable bonds is 3. The van der Waals surface area contributed by atoms with Gasteiger partial charge < -0.3 is 10.7 Å². The lowest BCUT2D eigenvalue weighted by molar-refractivity contribution is 0.102. The summed E-state index contributed by atoms with van der Waals surface area (Å²) >= 11 is 1.68. The van der Waals surface area contributed by atoms with Gasteiger partial charge in [-0.05, 0) is 47.2 Å². The number of nitrogen functional groups attached to an aromatic ring is 1. The molecule has 0 saturated heterocycles. The summed E-state index contributed by atoms with van der Waals surface area (Å²) in [5, 5.41) is 6.04. The number of hydrogen-bond donors (Lipinski definition) is 3. The Morgan fingerprint density at radius 1 is 1.10 bits per heavy atom. The molecular formula is C15H13N3OS. The standard InChI is InChI=1S/C15H13N3OS/c16-18-13-4-2-1-3-12(13)15(19)17-11-5-6-14-10(9-11)7-8-20-14/h1-9,18H,16H2,(H,17,19). The number of nitrogens with two attached hydrogens (primary N) is 1. The number of fused-ring (bicyclic) bond motifs is 1. The van der Waals surface area contributed by atoms with Gasteiger partial charge in [-0.25, -0.2) is 0 Å². The Morgan fingerprint density at radius 2 is 1.95 bits per heavy atom. The van der Waals surface area contributed by atoms with Gasteiger partial charge in [0, 0.05) is 10.4 Å². The smallest absolute Gasteiger partial charge is 0.257 e. The lowest BCUT2D eigenvalue weighted by Gasteiger charge is -2.09. The number of anilines is 2. The summed E-state index contributed by atoms with van der Waals surface area (Å²) in [5.41, 5.74) is 4.41. The second-order valence-electron chi connectivity index (χ2n) is 4.32. The van der Waals surface area contributed by atoms with Crippen molar-refractivity contribution < 1.29 is 4.79 Å². The summed E-state index contributed by atoms with van der Waals surface area (Å²) < 4.78 is 1.20. The fourth-order valence-corrected chi connectivity index (χ4v) is 2.82. The van der Waals surface area contributed by atoms with Gasteiger partial charge in [0.15, 0.2) is 0 Å². The van der Waals surface area contributed by atoms with Crippen LogP contribution in [0.2, 0.25) is 0 Å². The van der Waals surface area contributed by atoms with E-state index in [9.17, 15) is 4.79 Å². The summed E-state index contributed by atoms with van der Waals surface area (Å²) in [6, 6.07) is 15.0. The van der Waals surface area contributed by atoms with E-state index < -0.39 is 0 Å². The van der Waals surface area contributed by atoms with Crippen LogP contribution >= 0.6 is 11.3 Å². The summed E-state index contributed by atoms with van der Waals surface area (Å²) in [6.45, 7) is 0. The van der Waals surface area contributed by atoms with Crippen LogP contribution in [0.5, 0.6) is 0 Å². The topological polar surface area (TPSA) is 67.1 Å². The molecule has 0 radical (unpaired) electrons. The zero-order valence-electron chi connectivity index (χ0n) is 10.6. The van der Waals surface area contributed by atoms with Crippen molar-refractivity contribution in [2.24, 2.45) is 5.84 Å². The van der Waals surface area contributed by atoms with E-state index in [1.54, 1.807) is 29.5 Å². The van der Waals surface area contributed by atoms with Crippen molar-refractivity contribution in [3.05, 3.63) is 59.5 Å². The number of hydrazine groups is 1. The largest absolute Gasteiger partial charge is 0.323 e. The molecule has 0 aliphatic heterocycles. The average Bonchev–Trinajstić information content (AvgIpc) is 2.94. The van der Waals surface area contributed by atoms with Gasteiger partial charge in [0.2, 0.25) is 0 Å². The molecule has 0 bridgehead atoms. The van der Waals surface area contributed by atoms with E-state index in [1.165, 1.54) is 4.70 Å². The van der Waals surface area contributed by atoms with Gasteiger partial charge in [-0.2, -0.15) is 0 Å². The first kappa shape index (κ1) is 12.7. The highest BCUT2D eigenvalue weighted by Crippen LogP contribution is 2.24. The Bertz CT molecular complexity index is 766. The van der Waals surface area contributed by atoms with E-state index in [0.717, 1.165) is 11.1 Å². The minimum atomic E-state index is -0.187. The molecule has 1 heterocycles. The van der Waals surface area contributed by atoms with Crippen LogP contribution in [0, 0.1) is 0 Å². The van der Waals surface area contributed by atoms with Crippen LogP contribution in [-0.2, 0) is 0 Å². The fourth-order valence-electron chi connectivity index (χ4n) is 2.05. The van der Waals surface area contributed by atoms with Gasteiger partial charge in [0.1, 0.15) is 0 Å². The first-order valence-electron chi connectivity index (χ1n) is 6.12. The van der Waals surface area contributed by atoms with E-state index in [-0.39, 0.29) is 5.91 Å². The van der Waals surface area contributed by atoms with Crippen LogP contribution in [-0.4, -0.2) is 5.91 Å². The average molecular weight is 283 g/mol. The zero-order chi connectivity index (χ0) is 13.9. The number of benzene rings is 2. The molecule has 100 valence electrons. The molecule has 1 amide bonds. The SMILES string of the molecule is NNc1ccccc1C(=O)Nc1ccc2sccc2c1. The van der Waals surface area contributed by atoms with Crippen LogP contribution in [0.15, 0.2) is 53.9 Å². The molecule has 0 saturated carbocycles. The minimum absolute atomic E-state index is 0.187. The maximum absolute atomic E-state index is 12.3. The van der Waals surface area contributed by atoms with Gasteiger partial charge in [-0.3, -0.25) is 10.6 Å². The van der Waals surface area contributed by atoms with Crippen LogP contribution in [0.25, 0.3) is 10.1 Å². The first-order chi connectivity index (χ1) is 9.78. The van der Waals surface area contributed by atoms with Crippen molar-refractivity contribution in [2.75, 3.05) is 10.7 Å². The number of para-hydroxylation sites is 1. The molecule has 1 aromatic heterocycles. The van der Waals surface area contributed by atoms with E-state index in [1.807, 2.05) is 35.7 Å². The highest BCUT2D eigenvalue weighted by Gasteiger charge is 2.10. The molecule has 0 aliphatic rings. The molecule has 0 spiro atoms. The molecule has 20 heavy (non-hydrogen) atoms. The second-order valence-corrected chi connectivity index (χ2v) is 5.26. The third kappa shape index (κ3) is 2.36. The lowest BCUT2D eigenvalue weighted by Crippen LogP contribution is -2.17. The van der Waals surface area contributed by atoms with Crippen LogP contribution < -0.4 is 16.6 Å². The van der Waals surface area contributed by atoms with E-state index in [0.29, 0.717) is 11.3 Å². The van der Waals surface area contributed by atoms with Gasteiger partial charge in [0.25, 0.3) is 5.91 Å². The first-order valence-corrected chi connectivity index (χ1v) is 7.00. The maximum Gasteiger partial charge on any atom is 0.257 e. The van der Waals surface area contributed by atoms with E-state index in [2.05, 4.69) is 10.7 Å². The quantitative estimate of drug-likeness (QED) is 0.509. The van der Waals surface area contributed by atoms with Crippen molar-refractivity contribution in [3.63, 3.8) is 0 Å². The van der Waals surface area contributed by atoms with Crippen molar-refractivity contribution >= 4 is 38.7 Å². The molecule has 0 atom stereocenters. The molecule has 3 rings (SSSR count). The summed E-state index contributed by atoms with van der Waals surface area (Å²) in [5.74, 6) is 5.23. The Labute approximate surface area is 120 Å². The molecule has 0 fully saturated rings. The minimum Gasteiger partial charge on any atom is -0.323 e. The Kier molecular flexibility index (Phi) is 3.37. The molecule has 3 aromatic rings. The predicted molar refractivity (Wildman–Crippen MR) is 84.0 cm³/mol. The molecule has 0 aliphatic carbocycles. The summed E-state index contributed by atoms with van der Waals surface area (Å²) in [7, 11) is 0. The normalized spacial score (nSPS) is 10.4. The Balaban J connectivity index is 1.88.